The molecule has 1 N–H and O–H groups in total. The standard InChI is InChI=1S/C24H26N2O3S/c1-4-18-12-11-13-19(5-2)23(18)25-24(27)21-16-9-10-17-22(21)26(3)30(28,29)20-14-7-6-8-15-20/h6-17H,4-5H2,1-3H3,(H,25,27). The van der Waals surface area contributed by atoms with E-state index in [1.165, 1.54) is 7.05 Å². The number of rotatable bonds is 7. The van der Waals surface area contributed by atoms with Crippen molar-refractivity contribution < 1.29 is 13.2 Å². The van der Waals surface area contributed by atoms with E-state index in [1.54, 1.807) is 54.6 Å². The summed E-state index contributed by atoms with van der Waals surface area (Å²) in [4.78, 5) is 13.4. The molecular weight excluding hydrogens is 396 g/mol. The second-order valence-corrected chi connectivity index (χ2v) is 8.88. The summed E-state index contributed by atoms with van der Waals surface area (Å²) in [6.07, 6.45) is 1.57. The molecule has 3 rings (SSSR count). The number of carbonyl (C=O) groups is 1. The van der Waals surface area contributed by atoms with Crippen LogP contribution in [0.3, 0.4) is 0 Å². The highest BCUT2D eigenvalue weighted by molar-refractivity contribution is 7.92. The number of anilines is 2. The summed E-state index contributed by atoms with van der Waals surface area (Å²) in [7, 11) is -2.33. The quantitative estimate of drug-likeness (QED) is 0.590. The van der Waals surface area contributed by atoms with Gasteiger partial charge >= 0.3 is 0 Å². The van der Waals surface area contributed by atoms with Gasteiger partial charge in [-0.3, -0.25) is 9.10 Å². The lowest BCUT2D eigenvalue weighted by atomic mass is 10.0. The van der Waals surface area contributed by atoms with Crippen LogP contribution in [0.15, 0.2) is 77.7 Å². The van der Waals surface area contributed by atoms with Crippen LogP contribution in [0, 0.1) is 0 Å². The van der Waals surface area contributed by atoms with Crippen molar-refractivity contribution in [2.24, 2.45) is 0 Å². The van der Waals surface area contributed by atoms with Crippen LogP contribution in [0.25, 0.3) is 0 Å². The number of para-hydroxylation sites is 2. The molecule has 6 heteroatoms. The van der Waals surface area contributed by atoms with Gasteiger partial charge in [0.05, 0.1) is 16.1 Å². The van der Waals surface area contributed by atoms with E-state index in [4.69, 9.17) is 0 Å². The molecule has 0 heterocycles. The molecule has 0 spiro atoms. The Morgan fingerprint density at radius 1 is 0.833 bits per heavy atom. The topological polar surface area (TPSA) is 66.5 Å². The molecule has 0 aliphatic rings. The van der Waals surface area contributed by atoms with E-state index in [1.807, 2.05) is 32.0 Å². The first-order valence-corrected chi connectivity index (χ1v) is 11.4. The van der Waals surface area contributed by atoms with Crippen LogP contribution in [0.1, 0.15) is 35.3 Å². The van der Waals surface area contributed by atoms with Gasteiger partial charge in [0.1, 0.15) is 0 Å². The Labute approximate surface area is 178 Å². The van der Waals surface area contributed by atoms with Crippen molar-refractivity contribution in [2.75, 3.05) is 16.7 Å². The minimum atomic E-state index is -3.79. The third-order valence-electron chi connectivity index (χ3n) is 5.13. The number of benzene rings is 3. The summed E-state index contributed by atoms with van der Waals surface area (Å²) < 4.78 is 27.3. The van der Waals surface area contributed by atoms with E-state index < -0.39 is 10.0 Å². The predicted molar refractivity (Wildman–Crippen MR) is 122 cm³/mol. The molecule has 0 radical (unpaired) electrons. The molecule has 0 aromatic heterocycles. The van der Waals surface area contributed by atoms with Crippen LogP contribution in [0.5, 0.6) is 0 Å². The van der Waals surface area contributed by atoms with Crippen LogP contribution in [-0.2, 0) is 22.9 Å². The van der Waals surface area contributed by atoms with Gasteiger partial charge < -0.3 is 5.32 Å². The molecule has 0 bridgehead atoms. The molecule has 0 saturated heterocycles. The van der Waals surface area contributed by atoms with E-state index in [-0.39, 0.29) is 10.8 Å². The van der Waals surface area contributed by atoms with E-state index in [2.05, 4.69) is 5.32 Å². The number of hydrogen-bond acceptors (Lipinski definition) is 3. The van der Waals surface area contributed by atoms with Gasteiger partial charge in [0.15, 0.2) is 0 Å². The Kier molecular flexibility index (Phi) is 6.57. The SMILES string of the molecule is CCc1cccc(CC)c1NC(=O)c1ccccc1N(C)S(=O)(=O)c1ccccc1. The summed E-state index contributed by atoms with van der Waals surface area (Å²) in [5, 5.41) is 3.02. The second-order valence-electron chi connectivity index (χ2n) is 6.92. The zero-order valence-electron chi connectivity index (χ0n) is 17.4. The molecule has 0 aliphatic heterocycles. The van der Waals surface area contributed by atoms with Gasteiger partial charge in [0.25, 0.3) is 15.9 Å². The molecule has 30 heavy (non-hydrogen) atoms. The lowest BCUT2D eigenvalue weighted by Crippen LogP contribution is -2.29. The van der Waals surface area contributed by atoms with Gasteiger partial charge in [0, 0.05) is 12.7 Å². The molecule has 3 aromatic rings. The lowest BCUT2D eigenvalue weighted by Gasteiger charge is -2.22. The molecule has 5 nitrogen and oxygen atoms in total. The van der Waals surface area contributed by atoms with Gasteiger partial charge in [0.2, 0.25) is 0 Å². The minimum Gasteiger partial charge on any atom is -0.321 e. The minimum absolute atomic E-state index is 0.173. The summed E-state index contributed by atoms with van der Waals surface area (Å²) in [6, 6.07) is 20.9. The molecule has 3 aromatic carbocycles. The monoisotopic (exact) mass is 422 g/mol. The smallest absolute Gasteiger partial charge is 0.264 e. The number of sulfonamides is 1. The average Bonchev–Trinajstić information content (AvgIpc) is 2.79. The zero-order valence-corrected chi connectivity index (χ0v) is 18.2. The van der Waals surface area contributed by atoms with Crippen LogP contribution < -0.4 is 9.62 Å². The van der Waals surface area contributed by atoms with E-state index in [0.717, 1.165) is 34.0 Å². The average molecular weight is 423 g/mol. The van der Waals surface area contributed by atoms with Crippen molar-refractivity contribution in [1.82, 2.24) is 0 Å². The van der Waals surface area contributed by atoms with Crippen molar-refractivity contribution in [3.63, 3.8) is 0 Å². The Balaban J connectivity index is 1.99. The van der Waals surface area contributed by atoms with Crippen molar-refractivity contribution in [1.29, 1.82) is 0 Å². The largest absolute Gasteiger partial charge is 0.321 e. The normalized spacial score (nSPS) is 11.2. The number of hydrogen-bond donors (Lipinski definition) is 1. The Bertz CT molecular complexity index is 1120. The number of amides is 1. The molecule has 0 unspecified atom stereocenters. The highest BCUT2D eigenvalue weighted by Gasteiger charge is 2.25. The fraction of sp³-hybridized carbons (Fsp3) is 0.208. The first kappa shape index (κ1) is 21.6. The van der Waals surface area contributed by atoms with Crippen LogP contribution in [0.2, 0.25) is 0 Å². The maximum Gasteiger partial charge on any atom is 0.264 e. The highest BCUT2D eigenvalue weighted by Crippen LogP contribution is 2.28. The zero-order chi connectivity index (χ0) is 21.7. The fourth-order valence-corrected chi connectivity index (χ4v) is 4.64. The van der Waals surface area contributed by atoms with Crippen LogP contribution in [-0.4, -0.2) is 21.4 Å². The van der Waals surface area contributed by atoms with Crippen LogP contribution in [0.4, 0.5) is 11.4 Å². The molecule has 0 aliphatic carbocycles. The summed E-state index contributed by atoms with van der Waals surface area (Å²) in [5.41, 5.74) is 3.52. The summed E-state index contributed by atoms with van der Waals surface area (Å²) >= 11 is 0. The van der Waals surface area contributed by atoms with Crippen molar-refractivity contribution in [3.8, 4) is 0 Å². The summed E-state index contributed by atoms with van der Waals surface area (Å²) in [6.45, 7) is 4.08. The number of nitrogens with zero attached hydrogens (tertiary/aromatic N) is 1. The first-order chi connectivity index (χ1) is 14.4. The Morgan fingerprint density at radius 2 is 1.40 bits per heavy atom. The Hall–Kier alpha value is -3.12. The highest BCUT2D eigenvalue weighted by atomic mass is 32.2. The van der Waals surface area contributed by atoms with Crippen molar-refractivity contribution in [2.45, 2.75) is 31.6 Å². The second kappa shape index (κ2) is 9.13. The van der Waals surface area contributed by atoms with Gasteiger partial charge in [-0.05, 0) is 48.2 Å². The van der Waals surface area contributed by atoms with Crippen molar-refractivity contribution in [3.05, 3.63) is 89.5 Å². The molecule has 156 valence electrons. The maximum atomic E-state index is 13.2. The Morgan fingerprint density at radius 3 is 2.00 bits per heavy atom. The van der Waals surface area contributed by atoms with E-state index >= 15 is 0 Å². The van der Waals surface area contributed by atoms with Gasteiger partial charge in [-0.1, -0.05) is 62.4 Å². The third-order valence-corrected chi connectivity index (χ3v) is 6.91. The van der Waals surface area contributed by atoms with E-state index in [9.17, 15) is 13.2 Å². The molecule has 0 fully saturated rings. The fourth-order valence-electron chi connectivity index (χ4n) is 3.40. The van der Waals surface area contributed by atoms with E-state index in [0.29, 0.717) is 11.3 Å². The van der Waals surface area contributed by atoms with Gasteiger partial charge in [-0.25, -0.2) is 8.42 Å². The number of nitrogens with one attached hydrogen (secondary N) is 1. The van der Waals surface area contributed by atoms with Crippen LogP contribution >= 0.6 is 0 Å². The molecule has 0 atom stereocenters. The third kappa shape index (κ3) is 4.24. The van der Waals surface area contributed by atoms with Gasteiger partial charge in [-0.15, -0.1) is 0 Å². The number of aryl methyl sites for hydroxylation is 2. The lowest BCUT2D eigenvalue weighted by molar-refractivity contribution is 0.102. The predicted octanol–water partition coefficient (Wildman–Crippen LogP) is 4.89. The summed E-state index contributed by atoms with van der Waals surface area (Å²) in [5.74, 6) is -0.337. The molecular formula is C24H26N2O3S. The number of carbonyl (C=O) groups excluding carboxylic acids is 1. The van der Waals surface area contributed by atoms with Gasteiger partial charge in [-0.2, -0.15) is 0 Å². The molecule has 1 amide bonds. The van der Waals surface area contributed by atoms with Crippen molar-refractivity contribution >= 4 is 27.3 Å². The first-order valence-electron chi connectivity index (χ1n) is 9.95. The molecule has 0 saturated carbocycles. The maximum absolute atomic E-state index is 13.2.